The van der Waals surface area contributed by atoms with Crippen molar-refractivity contribution < 1.29 is 17.9 Å². The molecule has 2 aromatic carbocycles. The summed E-state index contributed by atoms with van der Waals surface area (Å²) in [6, 6.07) is 12.5. The predicted molar refractivity (Wildman–Crippen MR) is 119 cm³/mol. The number of para-hydroxylation sites is 1. The van der Waals surface area contributed by atoms with Gasteiger partial charge in [0.25, 0.3) is 0 Å². The van der Waals surface area contributed by atoms with Gasteiger partial charge in [-0.05, 0) is 24.3 Å². The van der Waals surface area contributed by atoms with Gasteiger partial charge in [-0.25, -0.2) is 17.7 Å². The molecular formula is C22H28N4O4S. The molecule has 0 radical (unpaired) electrons. The van der Waals surface area contributed by atoms with Gasteiger partial charge in [0.05, 0.1) is 23.0 Å². The zero-order valence-corrected chi connectivity index (χ0v) is 19.3. The van der Waals surface area contributed by atoms with Crippen molar-refractivity contribution in [2.75, 3.05) is 28.3 Å². The van der Waals surface area contributed by atoms with Crippen molar-refractivity contribution in [3.8, 4) is 5.75 Å². The van der Waals surface area contributed by atoms with E-state index in [2.05, 4.69) is 4.98 Å². The first kappa shape index (κ1) is 22.8. The number of benzene rings is 2. The van der Waals surface area contributed by atoms with Crippen LogP contribution in [-0.2, 0) is 34.8 Å². The van der Waals surface area contributed by atoms with E-state index < -0.39 is 10.0 Å². The fourth-order valence-corrected chi connectivity index (χ4v) is 4.33. The summed E-state index contributed by atoms with van der Waals surface area (Å²) in [4.78, 5) is 19.1. The van der Waals surface area contributed by atoms with Gasteiger partial charge >= 0.3 is 0 Å². The van der Waals surface area contributed by atoms with Crippen molar-refractivity contribution in [2.45, 2.75) is 24.3 Å². The van der Waals surface area contributed by atoms with E-state index in [1.807, 2.05) is 35.9 Å². The summed E-state index contributed by atoms with van der Waals surface area (Å²) < 4.78 is 33.2. The maximum absolute atomic E-state index is 12.7. The van der Waals surface area contributed by atoms with Gasteiger partial charge in [-0.1, -0.05) is 18.2 Å². The van der Waals surface area contributed by atoms with Crippen molar-refractivity contribution in [3.63, 3.8) is 0 Å². The van der Waals surface area contributed by atoms with Crippen molar-refractivity contribution in [2.24, 2.45) is 7.05 Å². The van der Waals surface area contributed by atoms with Crippen molar-refractivity contribution in [3.05, 3.63) is 53.9 Å². The third kappa shape index (κ3) is 4.72. The quantitative estimate of drug-likeness (QED) is 0.533. The first-order chi connectivity index (χ1) is 14.6. The fraction of sp³-hybridized carbons (Fsp3) is 0.364. The van der Waals surface area contributed by atoms with Gasteiger partial charge in [-0.2, -0.15) is 0 Å². The Morgan fingerprint density at radius 2 is 1.84 bits per heavy atom. The van der Waals surface area contributed by atoms with Crippen molar-refractivity contribution in [1.82, 2.24) is 18.8 Å². The molecule has 0 saturated carbocycles. The highest BCUT2D eigenvalue weighted by atomic mass is 32.2. The third-order valence-electron chi connectivity index (χ3n) is 5.31. The van der Waals surface area contributed by atoms with Gasteiger partial charge in [0, 0.05) is 53.1 Å². The molecule has 0 saturated heterocycles. The number of fused-ring (bicyclic) bond motifs is 1. The SMILES string of the molecule is COc1ccccc1CN(C)C(=O)CCc1nc2cc(S(=O)(=O)N(C)C)ccc2n1C. The number of sulfonamides is 1. The summed E-state index contributed by atoms with van der Waals surface area (Å²) in [7, 11) is 4.71. The Hall–Kier alpha value is -2.91. The normalized spacial score (nSPS) is 11.8. The summed E-state index contributed by atoms with van der Waals surface area (Å²) in [5, 5.41) is 0. The second-order valence-electron chi connectivity index (χ2n) is 7.59. The van der Waals surface area contributed by atoms with E-state index in [0.717, 1.165) is 22.7 Å². The zero-order chi connectivity index (χ0) is 22.8. The molecule has 0 aliphatic rings. The Kier molecular flexibility index (Phi) is 6.66. The lowest BCUT2D eigenvalue weighted by molar-refractivity contribution is -0.130. The largest absolute Gasteiger partial charge is 0.496 e. The molecule has 1 aromatic heterocycles. The molecule has 8 nitrogen and oxygen atoms in total. The summed E-state index contributed by atoms with van der Waals surface area (Å²) in [5.41, 5.74) is 2.36. The van der Waals surface area contributed by atoms with Crippen molar-refractivity contribution in [1.29, 1.82) is 0 Å². The van der Waals surface area contributed by atoms with E-state index >= 15 is 0 Å². The zero-order valence-electron chi connectivity index (χ0n) is 18.5. The highest BCUT2D eigenvalue weighted by Crippen LogP contribution is 2.22. The molecule has 0 fully saturated rings. The molecule has 0 aliphatic carbocycles. The monoisotopic (exact) mass is 444 g/mol. The molecule has 0 unspecified atom stereocenters. The molecular weight excluding hydrogens is 416 g/mol. The standard InChI is InChI=1S/C22H28N4O4S/c1-24(2)31(28,29)17-10-11-19-18(14-17)23-21(26(19)4)12-13-22(27)25(3)15-16-8-6-7-9-20(16)30-5/h6-11,14H,12-13,15H2,1-5H3. The van der Waals surface area contributed by atoms with Crippen LogP contribution in [0.2, 0.25) is 0 Å². The highest BCUT2D eigenvalue weighted by Gasteiger charge is 2.20. The first-order valence-corrected chi connectivity index (χ1v) is 11.3. The molecule has 1 heterocycles. The Labute approximate surface area is 183 Å². The maximum atomic E-state index is 12.7. The van der Waals surface area contributed by atoms with E-state index in [1.165, 1.54) is 18.4 Å². The minimum atomic E-state index is -3.53. The Morgan fingerprint density at radius 1 is 1.13 bits per heavy atom. The number of aromatic nitrogens is 2. The van der Waals surface area contributed by atoms with Crippen LogP contribution in [0.5, 0.6) is 5.75 Å². The Bertz CT molecular complexity index is 1200. The second-order valence-corrected chi connectivity index (χ2v) is 9.74. The number of nitrogens with zero attached hydrogens (tertiary/aromatic N) is 4. The van der Waals surface area contributed by atoms with Crippen LogP contribution in [0.15, 0.2) is 47.4 Å². The number of rotatable bonds is 8. The van der Waals surface area contributed by atoms with Crippen LogP contribution in [-0.4, -0.2) is 61.3 Å². The van der Waals surface area contributed by atoms with Gasteiger partial charge in [0.1, 0.15) is 11.6 Å². The number of methoxy groups -OCH3 is 1. The molecule has 3 rings (SSSR count). The molecule has 166 valence electrons. The van der Waals surface area contributed by atoms with E-state index in [0.29, 0.717) is 24.9 Å². The average molecular weight is 445 g/mol. The number of carbonyl (C=O) groups excluding carboxylic acids is 1. The van der Waals surface area contributed by atoms with Crippen LogP contribution in [0, 0.1) is 0 Å². The van der Waals surface area contributed by atoms with E-state index in [4.69, 9.17) is 4.74 Å². The van der Waals surface area contributed by atoms with Crippen molar-refractivity contribution >= 4 is 27.0 Å². The molecule has 0 aliphatic heterocycles. The molecule has 9 heteroatoms. The molecule has 3 aromatic rings. The average Bonchev–Trinajstić information content (AvgIpc) is 3.07. The van der Waals surface area contributed by atoms with E-state index in [-0.39, 0.29) is 10.8 Å². The van der Waals surface area contributed by atoms with E-state index in [1.54, 1.807) is 37.3 Å². The second kappa shape index (κ2) is 9.07. The van der Waals surface area contributed by atoms with Gasteiger partial charge in [0.15, 0.2) is 0 Å². The van der Waals surface area contributed by atoms with Crippen LogP contribution in [0.1, 0.15) is 17.8 Å². The minimum absolute atomic E-state index is 0.00571. The lowest BCUT2D eigenvalue weighted by Crippen LogP contribution is -2.26. The van der Waals surface area contributed by atoms with Gasteiger partial charge < -0.3 is 14.2 Å². The van der Waals surface area contributed by atoms with Crippen LogP contribution in [0.3, 0.4) is 0 Å². The van der Waals surface area contributed by atoms with Crippen LogP contribution < -0.4 is 4.74 Å². The van der Waals surface area contributed by atoms with Crippen LogP contribution in [0.25, 0.3) is 11.0 Å². The summed E-state index contributed by atoms with van der Waals surface area (Å²) in [6.45, 7) is 0.455. The molecule has 0 N–H and O–H groups in total. The van der Waals surface area contributed by atoms with Gasteiger partial charge in [0.2, 0.25) is 15.9 Å². The topological polar surface area (TPSA) is 84.7 Å². The molecule has 0 spiro atoms. The number of amides is 1. The molecule has 0 bridgehead atoms. The van der Waals surface area contributed by atoms with Gasteiger partial charge in [-0.3, -0.25) is 4.79 Å². The number of aryl methyl sites for hydroxylation is 2. The molecule has 31 heavy (non-hydrogen) atoms. The summed E-state index contributed by atoms with van der Waals surface area (Å²) >= 11 is 0. The fourth-order valence-electron chi connectivity index (χ4n) is 3.41. The molecule has 0 atom stereocenters. The number of ether oxygens (including phenoxy) is 1. The predicted octanol–water partition coefficient (Wildman–Crippen LogP) is 2.42. The number of hydrogen-bond donors (Lipinski definition) is 0. The summed E-state index contributed by atoms with van der Waals surface area (Å²) in [5.74, 6) is 1.48. The number of imidazole rings is 1. The van der Waals surface area contributed by atoms with E-state index in [9.17, 15) is 13.2 Å². The molecule has 1 amide bonds. The lowest BCUT2D eigenvalue weighted by Gasteiger charge is -2.18. The Morgan fingerprint density at radius 3 is 2.52 bits per heavy atom. The maximum Gasteiger partial charge on any atom is 0.242 e. The smallest absolute Gasteiger partial charge is 0.242 e. The van der Waals surface area contributed by atoms with Crippen LogP contribution in [0.4, 0.5) is 0 Å². The summed E-state index contributed by atoms with van der Waals surface area (Å²) in [6.07, 6.45) is 0.752. The minimum Gasteiger partial charge on any atom is -0.496 e. The lowest BCUT2D eigenvalue weighted by atomic mass is 10.2. The number of hydrogen-bond acceptors (Lipinski definition) is 5. The highest BCUT2D eigenvalue weighted by molar-refractivity contribution is 7.89. The third-order valence-corrected chi connectivity index (χ3v) is 7.12. The number of carbonyl (C=O) groups is 1. The van der Waals surface area contributed by atoms with Crippen LogP contribution >= 0.6 is 0 Å². The Balaban J connectivity index is 1.73. The van der Waals surface area contributed by atoms with Gasteiger partial charge in [-0.15, -0.1) is 0 Å². The first-order valence-electron chi connectivity index (χ1n) is 9.89.